The van der Waals surface area contributed by atoms with E-state index in [0.717, 1.165) is 11.1 Å². The largest absolute Gasteiger partial charge is 0.372 e. The maximum absolute atomic E-state index is 13.0. The Morgan fingerprint density at radius 2 is 1.78 bits per heavy atom. The molecule has 0 saturated carbocycles. The third-order valence-electron chi connectivity index (χ3n) is 2.41. The van der Waals surface area contributed by atoms with Gasteiger partial charge in [-0.15, -0.1) is 0 Å². The first-order valence-corrected chi connectivity index (χ1v) is 6.58. The molecule has 0 aliphatic heterocycles. The smallest absolute Gasteiger partial charge is 0.137 e. The van der Waals surface area contributed by atoms with Crippen LogP contribution in [0, 0.1) is 5.82 Å². The van der Waals surface area contributed by atoms with Crippen LogP contribution < -0.4 is 0 Å². The zero-order valence-electron chi connectivity index (χ0n) is 9.50. The molecule has 0 fully saturated rings. The molecule has 2 aromatic rings. The van der Waals surface area contributed by atoms with Crippen molar-refractivity contribution in [1.82, 2.24) is 0 Å². The van der Waals surface area contributed by atoms with Gasteiger partial charge in [-0.2, -0.15) is 0 Å². The molecule has 18 heavy (non-hydrogen) atoms. The average molecular weight is 330 g/mol. The Morgan fingerprint density at radius 3 is 2.44 bits per heavy atom. The third-order valence-corrected chi connectivity index (χ3v) is 3.25. The SMILES string of the molecule is Fc1ccc(COCc2cccc(Cl)c2)cc1Br. The lowest BCUT2D eigenvalue weighted by atomic mass is 10.2. The lowest BCUT2D eigenvalue weighted by molar-refractivity contribution is 0.107. The van der Waals surface area contributed by atoms with Crippen molar-refractivity contribution in [2.24, 2.45) is 0 Å². The van der Waals surface area contributed by atoms with Gasteiger partial charge < -0.3 is 4.74 Å². The van der Waals surface area contributed by atoms with Gasteiger partial charge in [-0.1, -0.05) is 29.8 Å². The highest BCUT2D eigenvalue weighted by atomic mass is 79.9. The van der Waals surface area contributed by atoms with E-state index in [1.165, 1.54) is 6.07 Å². The molecule has 94 valence electrons. The Kier molecular flexibility index (Phi) is 4.75. The van der Waals surface area contributed by atoms with Crippen LogP contribution in [0.15, 0.2) is 46.9 Å². The highest BCUT2D eigenvalue weighted by Gasteiger charge is 2.01. The van der Waals surface area contributed by atoms with Crippen LogP contribution in [0.4, 0.5) is 4.39 Å². The van der Waals surface area contributed by atoms with Gasteiger partial charge >= 0.3 is 0 Å². The van der Waals surface area contributed by atoms with Crippen LogP contribution in [0.1, 0.15) is 11.1 Å². The van der Waals surface area contributed by atoms with Gasteiger partial charge in [-0.3, -0.25) is 0 Å². The number of ether oxygens (including phenoxy) is 1. The van der Waals surface area contributed by atoms with Crippen LogP contribution in [-0.4, -0.2) is 0 Å². The minimum Gasteiger partial charge on any atom is -0.372 e. The molecule has 0 spiro atoms. The van der Waals surface area contributed by atoms with Crippen LogP contribution in [0.25, 0.3) is 0 Å². The molecule has 0 radical (unpaired) electrons. The monoisotopic (exact) mass is 328 g/mol. The fraction of sp³-hybridized carbons (Fsp3) is 0.143. The fourth-order valence-electron chi connectivity index (χ4n) is 1.54. The standard InChI is InChI=1S/C14H11BrClFO/c15-13-7-11(4-5-14(13)17)9-18-8-10-2-1-3-12(16)6-10/h1-7H,8-9H2. The maximum Gasteiger partial charge on any atom is 0.137 e. The fourth-order valence-corrected chi connectivity index (χ4v) is 2.18. The van der Waals surface area contributed by atoms with Gasteiger partial charge in [0.05, 0.1) is 17.7 Å². The van der Waals surface area contributed by atoms with Crippen LogP contribution >= 0.6 is 27.5 Å². The summed E-state index contributed by atoms with van der Waals surface area (Å²) in [5.41, 5.74) is 1.94. The normalized spacial score (nSPS) is 10.6. The van der Waals surface area contributed by atoms with E-state index in [2.05, 4.69) is 15.9 Å². The van der Waals surface area contributed by atoms with E-state index >= 15 is 0 Å². The summed E-state index contributed by atoms with van der Waals surface area (Å²) in [5, 5.41) is 0.695. The van der Waals surface area contributed by atoms with Gasteiger partial charge in [-0.25, -0.2) is 4.39 Å². The number of rotatable bonds is 4. The first kappa shape index (κ1) is 13.5. The van der Waals surface area contributed by atoms with Gasteiger partial charge in [0.2, 0.25) is 0 Å². The summed E-state index contributed by atoms with van der Waals surface area (Å²) in [6.45, 7) is 0.918. The number of hydrogen-bond acceptors (Lipinski definition) is 1. The number of hydrogen-bond donors (Lipinski definition) is 0. The van der Waals surface area contributed by atoms with Gasteiger partial charge in [0.25, 0.3) is 0 Å². The lowest BCUT2D eigenvalue weighted by Gasteiger charge is -2.06. The van der Waals surface area contributed by atoms with Crippen LogP contribution in [-0.2, 0) is 18.0 Å². The molecular weight excluding hydrogens is 319 g/mol. The average Bonchev–Trinajstić information content (AvgIpc) is 2.34. The molecule has 0 heterocycles. The van der Waals surface area contributed by atoms with Gasteiger partial charge in [-0.05, 0) is 51.3 Å². The number of benzene rings is 2. The Labute approximate surface area is 119 Å². The van der Waals surface area contributed by atoms with Gasteiger partial charge in [0, 0.05) is 5.02 Å². The van der Waals surface area contributed by atoms with Crippen LogP contribution in [0.5, 0.6) is 0 Å². The van der Waals surface area contributed by atoms with Crippen molar-refractivity contribution in [2.75, 3.05) is 0 Å². The van der Waals surface area contributed by atoms with Crippen LogP contribution in [0.2, 0.25) is 5.02 Å². The molecule has 1 nitrogen and oxygen atoms in total. The molecular formula is C14H11BrClFO. The quantitative estimate of drug-likeness (QED) is 0.770. The minimum atomic E-state index is -0.270. The molecule has 4 heteroatoms. The third kappa shape index (κ3) is 3.80. The first-order valence-electron chi connectivity index (χ1n) is 5.41. The van der Waals surface area contributed by atoms with E-state index in [0.29, 0.717) is 22.7 Å². The van der Waals surface area contributed by atoms with Crippen molar-refractivity contribution in [3.8, 4) is 0 Å². The van der Waals surface area contributed by atoms with E-state index in [-0.39, 0.29) is 5.82 Å². The summed E-state index contributed by atoms with van der Waals surface area (Å²) in [5.74, 6) is -0.270. The van der Waals surface area contributed by atoms with E-state index in [4.69, 9.17) is 16.3 Å². The number of halogens is 3. The summed E-state index contributed by atoms with van der Waals surface area (Å²) in [6, 6.07) is 12.4. The summed E-state index contributed by atoms with van der Waals surface area (Å²) in [7, 11) is 0. The van der Waals surface area contributed by atoms with Crippen molar-refractivity contribution in [3.63, 3.8) is 0 Å². The van der Waals surface area contributed by atoms with Gasteiger partial charge in [0.15, 0.2) is 0 Å². The maximum atomic E-state index is 13.0. The Hall–Kier alpha value is -0.900. The topological polar surface area (TPSA) is 9.23 Å². The van der Waals surface area contributed by atoms with Crippen molar-refractivity contribution in [3.05, 3.63) is 68.9 Å². The molecule has 0 atom stereocenters. The molecule has 0 unspecified atom stereocenters. The summed E-state index contributed by atoms with van der Waals surface area (Å²) < 4.78 is 19.0. The second-order valence-corrected chi connectivity index (χ2v) is 5.16. The van der Waals surface area contributed by atoms with E-state index in [1.807, 2.05) is 24.3 Å². The van der Waals surface area contributed by atoms with E-state index in [1.54, 1.807) is 12.1 Å². The summed E-state index contributed by atoms with van der Waals surface area (Å²) in [6.07, 6.45) is 0. The van der Waals surface area contributed by atoms with Crippen molar-refractivity contribution in [1.29, 1.82) is 0 Å². The zero-order valence-corrected chi connectivity index (χ0v) is 11.8. The first-order chi connectivity index (χ1) is 8.65. The molecule has 0 N–H and O–H groups in total. The lowest BCUT2D eigenvalue weighted by Crippen LogP contribution is -1.94. The highest BCUT2D eigenvalue weighted by molar-refractivity contribution is 9.10. The van der Waals surface area contributed by atoms with Crippen molar-refractivity contribution < 1.29 is 9.13 Å². The molecule has 0 aromatic heterocycles. The van der Waals surface area contributed by atoms with Gasteiger partial charge in [0.1, 0.15) is 5.82 Å². The minimum absolute atomic E-state index is 0.270. The van der Waals surface area contributed by atoms with E-state index < -0.39 is 0 Å². The Morgan fingerprint density at radius 1 is 1.06 bits per heavy atom. The molecule has 0 saturated heterocycles. The highest BCUT2D eigenvalue weighted by Crippen LogP contribution is 2.18. The molecule has 0 aliphatic rings. The molecule has 2 rings (SSSR count). The van der Waals surface area contributed by atoms with Crippen molar-refractivity contribution in [2.45, 2.75) is 13.2 Å². The van der Waals surface area contributed by atoms with Crippen molar-refractivity contribution >= 4 is 27.5 Å². The molecule has 0 bridgehead atoms. The second-order valence-electron chi connectivity index (χ2n) is 3.87. The second kappa shape index (κ2) is 6.32. The zero-order chi connectivity index (χ0) is 13.0. The Balaban J connectivity index is 1.90. The molecule has 2 aromatic carbocycles. The summed E-state index contributed by atoms with van der Waals surface area (Å²) >= 11 is 9.02. The van der Waals surface area contributed by atoms with Crippen LogP contribution in [0.3, 0.4) is 0 Å². The molecule has 0 aliphatic carbocycles. The predicted molar refractivity (Wildman–Crippen MR) is 74.0 cm³/mol. The Bertz CT molecular complexity index is 545. The summed E-state index contributed by atoms with van der Waals surface area (Å²) in [4.78, 5) is 0. The van der Waals surface area contributed by atoms with E-state index in [9.17, 15) is 4.39 Å². The predicted octanol–water partition coefficient (Wildman–Crippen LogP) is 4.96. The molecule has 0 amide bonds.